The second kappa shape index (κ2) is 9.39. The van der Waals surface area contributed by atoms with E-state index >= 15 is 0 Å². The summed E-state index contributed by atoms with van der Waals surface area (Å²) in [4.78, 5) is 6.84. The van der Waals surface area contributed by atoms with E-state index in [1.807, 2.05) is 7.05 Å². The van der Waals surface area contributed by atoms with Crippen molar-refractivity contribution in [1.82, 2.24) is 15.5 Å². The third kappa shape index (κ3) is 5.44. The molecule has 0 saturated carbocycles. The van der Waals surface area contributed by atoms with Crippen LogP contribution in [0.3, 0.4) is 0 Å². The van der Waals surface area contributed by atoms with Gasteiger partial charge in [0.1, 0.15) is 0 Å². The van der Waals surface area contributed by atoms with Crippen molar-refractivity contribution in [3.05, 3.63) is 0 Å². The molecule has 0 aromatic rings. The number of ether oxygens (including phenoxy) is 2. The number of halogens is 1. The van der Waals surface area contributed by atoms with Crippen molar-refractivity contribution in [2.24, 2.45) is 10.9 Å². The lowest BCUT2D eigenvalue weighted by Gasteiger charge is -2.29. The summed E-state index contributed by atoms with van der Waals surface area (Å²) in [6, 6.07) is 0.430. The second-order valence-corrected chi connectivity index (χ2v) is 6.83. The monoisotopic (exact) mass is 438 g/mol. The minimum atomic E-state index is 0. The summed E-state index contributed by atoms with van der Waals surface area (Å²) < 4.78 is 11.3. The molecule has 2 N–H and O–H groups in total. The third-order valence-corrected chi connectivity index (χ3v) is 4.94. The Morgan fingerprint density at radius 1 is 1.30 bits per heavy atom. The number of morpholine rings is 1. The van der Waals surface area contributed by atoms with E-state index < -0.39 is 0 Å². The Morgan fingerprint density at radius 2 is 2.09 bits per heavy atom. The Hall–Kier alpha value is -0.120. The molecule has 134 valence electrons. The fourth-order valence-electron chi connectivity index (χ4n) is 3.72. The molecule has 3 aliphatic heterocycles. The van der Waals surface area contributed by atoms with Gasteiger partial charge in [0, 0.05) is 33.2 Å². The lowest BCUT2D eigenvalue weighted by Crippen LogP contribution is -2.49. The number of hydrogen-bond acceptors (Lipinski definition) is 4. The fraction of sp³-hybridized carbons (Fsp3) is 0.938. The molecule has 2 bridgehead atoms. The number of nitrogens with one attached hydrogen (secondary N) is 2. The van der Waals surface area contributed by atoms with Gasteiger partial charge >= 0.3 is 0 Å². The predicted molar refractivity (Wildman–Crippen MR) is 103 cm³/mol. The first-order valence-electron chi connectivity index (χ1n) is 8.67. The Balaban J connectivity index is 0.00000192. The van der Waals surface area contributed by atoms with Crippen LogP contribution >= 0.6 is 24.0 Å². The number of guanidine groups is 1. The number of nitrogens with zero attached hydrogens (tertiary/aromatic N) is 2. The van der Waals surface area contributed by atoms with Crippen LogP contribution in [0.1, 0.15) is 26.2 Å². The van der Waals surface area contributed by atoms with Gasteiger partial charge in [-0.2, -0.15) is 0 Å². The molecule has 0 amide bonds. The lowest BCUT2D eigenvalue weighted by molar-refractivity contribution is 0.0320. The summed E-state index contributed by atoms with van der Waals surface area (Å²) >= 11 is 0. The Kier molecular flexibility index (Phi) is 7.84. The van der Waals surface area contributed by atoms with E-state index in [2.05, 4.69) is 27.4 Å². The van der Waals surface area contributed by atoms with E-state index in [1.54, 1.807) is 0 Å². The van der Waals surface area contributed by atoms with Crippen molar-refractivity contribution in [2.75, 3.05) is 46.4 Å². The van der Waals surface area contributed by atoms with E-state index in [1.165, 1.54) is 12.8 Å². The van der Waals surface area contributed by atoms with Gasteiger partial charge in [-0.3, -0.25) is 9.89 Å². The minimum absolute atomic E-state index is 0. The summed E-state index contributed by atoms with van der Waals surface area (Å²) in [5.74, 6) is 1.50. The number of hydrogen-bond donors (Lipinski definition) is 2. The molecule has 3 rings (SSSR count). The average molecular weight is 438 g/mol. The topological polar surface area (TPSA) is 58.1 Å². The van der Waals surface area contributed by atoms with Crippen molar-refractivity contribution in [3.63, 3.8) is 0 Å². The molecular weight excluding hydrogens is 407 g/mol. The Morgan fingerprint density at radius 3 is 2.70 bits per heavy atom. The SMILES string of the molecule is CN=C(NCC(C)CN1CCOCC1)NC1CC2CCC1O2.I. The lowest BCUT2D eigenvalue weighted by atomic mass is 9.96. The van der Waals surface area contributed by atoms with Crippen molar-refractivity contribution in [3.8, 4) is 0 Å². The molecule has 4 atom stereocenters. The van der Waals surface area contributed by atoms with Crippen LogP contribution in [-0.2, 0) is 9.47 Å². The summed E-state index contributed by atoms with van der Waals surface area (Å²) in [5, 5.41) is 7.01. The molecule has 7 heteroatoms. The highest BCUT2D eigenvalue weighted by molar-refractivity contribution is 14.0. The molecule has 3 aliphatic rings. The highest BCUT2D eigenvalue weighted by Gasteiger charge is 2.41. The van der Waals surface area contributed by atoms with Crippen LogP contribution < -0.4 is 10.6 Å². The Bertz CT molecular complexity index is 390. The van der Waals surface area contributed by atoms with Crippen molar-refractivity contribution >= 4 is 29.9 Å². The molecule has 3 saturated heterocycles. The molecule has 0 radical (unpaired) electrons. The van der Waals surface area contributed by atoms with Crippen LogP contribution in [0.4, 0.5) is 0 Å². The summed E-state index contributed by atoms with van der Waals surface area (Å²) in [6.45, 7) is 8.19. The third-order valence-electron chi connectivity index (χ3n) is 4.94. The van der Waals surface area contributed by atoms with Crippen molar-refractivity contribution < 1.29 is 9.47 Å². The normalized spacial score (nSPS) is 32.4. The maximum absolute atomic E-state index is 5.89. The zero-order valence-electron chi connectivity index (χ0n) is 14.3. The molecule has 0 spiro atoms. The zero-order chi connectivity index (χ0) is 15.4. The van der Waals surface area contributed by atoms with Crippen molar-refractivity contribution in [1.29, 1.82) is 0 Å². The number of aliphatic imine (C=N–C) groups is 1. The predicted octanol–water partition coefficient (Wildman–Crippen LogP) is 1.06. The summed E-state index contributed by atoms with van der Waals surface area (Å²) in [7, 11) is 1.84. The fourth-order valence-corrected chi connectivity index (χ4v) is 3.72. The highest BCUT2D eigenvalue weighted by Crippen LogP contribution is 2.34. The molecular formula is C16H31IN4O2. The van der Waals surface area contributed by atoms with Gasteiger partial charge in [0.05, 0.1) is 31.5 Å². The van der Waals surface area contributed by atoms with Gasteiger partial charge in [-0.25, -0.2) is 0 Å². The van der Waals surface area contributed by atoms with Crippen LogP contribution in [0.25, 0.3) is 0 Å². The molecule has 3 heterocycles. The van der Waals surface area contributed by atoms with Gasteiger partial charge in [0.25, 0.3) is 0 Å². The standard InChI is InChI=1S/C16H30N4O2.HI/c1-12(11-20-5-7-21-8-6-20)10-18-16(17-2)19-14-9-13-3-4-15(14)22-13;/h12-15H,3-11H2,1-2H3,(H2,17,18,19);1H. The first-order chi connectivity index (χ1) is 10.7. The molecule has 0 aromatic heterocycles. The first-order valence-corrected chi connectivity index (χ1v) is 8.67. The van der Waals surface area contributed by atoms with E-state index in [-0.39, 0.29) is 24.0 Å². The van der Waals surface area contributed by atoms with Gasteiger partial charge in [-0.1, -0.05) is 6.92 Å². The minimum Gasteiger partial charge on any atom is -0.379 e. The van der Waals surface area contributed by atoms with Crippen LogP contribution in [0.15, 0.2) is 4.99 Å². The van der Waals surface area contributed by atoms with Gasteiger partial charge in [-0.05, 0) is 25.2 Å². The van der Waals surface area contributed by atoms with Crippen LogP contribution in [-0.4, -0.2) is 75.5 Å². The van der Waals surface area contributed by atoms with Crippen molar-refractivity contribution in [2.45, 2.75) is 44.4 Å². The molecule has 0 aromatic carbocycles. The quantitative estimate of drug-likeness (QED) is 0.382. The maximum Gasteiger partial charge on any atom is 0.191 e. The molecule has 4 unspecified atom stereocenters. The molecule has 3 fully saturated rings. The Labute approximate surface area is 156 Å². The maximum atomic E-state index is 5.89. The van der Waals surface area contributed by atoms with Gasteiger partial charge in [0.2, 0.25) is 0 Å². The molecule has 0 aliphatic carbocycles. The van der Waals surface area contributed by atoms with Crippen LogP contribution in [0, 0.1) is 5.92 Å². The van der Waals surface area contributed by atoms with E-state index in [4.69, 9.17) is 9.47 Å². The largest absolute Gasteiger partial charge is 0.379 e. The summed E-state index contributed by atoms with van der Waals surface area (Å²) in [6.07, 6.45) is 4.39. The first kappa shape index (κ1) is 19.2. The van der Waals surface area contributed by atoms with Crippen LogP contribution in [0.5, 0.6) is 0 Å². The van der Waals surface area contributed by atoms with Gasteiger partial charge in [0.15, 0.2) is 5.96 Å². The molecule has 6 nitrogen and oxygen atoms in total. The molecule has 23 heavy (non-hydrogen) atoms. The van der Waals surface area contributed by atoms with E-state index in [9.17, 15) is 0 Å². The highest BCUT2D eigenvalue weighted by atomic mass is 127. The zero-order valence-corrected chi connectivity index (χ0v) is 16.6. The average Bonchev–Trinajstić information content (AvgIpc) is 3.15. The van der Waals surface area contributed by atoms with Gasteiger partial charge in [-0.15, -0.1) is 24.0 Å². The van der Waals surface area contributed by atoms with Crippen LogP contribution in [0.2, 0.25) is 0 Å². The second-order valence-electron chi connectivity index (χ2n) is 6.83. The van der Waals surface area contributed by atoms with E-state index in [0.717, 1.165) is 51.8 Å². The summed E-state index contributed by atoms with van der Waals surface area (Å²) in [5.41, 5.74) is 0. The number of rotatable bonds is 5. The van der Waals surface area contributed by atoms with Gasteiger partial charge < -0.3 is 20.1 Å². The number of fused-ring (bicyclic) bond motifs is 2. The smallest absolute Gasteiger partial charge is 0.191 e. The van der Waals surface area contributed by atoms with E-state index in [0.29, 0.717) is 24.2 Å².